The average molecular weight is 268 g/mol. The number of methoxy groups -OCH3 is 1. The van der Waals surface area contributed by atoms with Crippen LogP contribution in [0.1, 0.15) is 36.5 Å². The van der Waals surface area contributed by atoms with Gasteiger partial charge in [-0.25, -0.2) is 0 Å². The Bertz CT molecular complexity index is 447. The second-order valence-corrected chi connectivity index (χ2v) is 5.37. The highest BCUT2D eigenvalue weighted by Crippen LogP contribution is 2.27. The van der Waals surface area contributed by atoms with E-state index in [2.05, 4.69) is 12.2 Å². The first-order valence-electron chi connectivity index (χ1n) is 6.24. The Labute approximate surface area is 112 Å². The topological polar surface area (TPSA) is 38.3 Å². The molecule has 0 aliphatic heterocycles. The lowest BCUT2D eigenvalue weighted by molar-refractivity contribution is 0.0934. The van der Waals surface area contributed by atoms with Crippen molar-refractivity contribution in [2.45, 2.75) is 32.2 Å². The van der Waals surface area contributed by atoms with Crippen molar-refractivity contribution in [2.75, 3.05) is 7.11 Å². The first-order chi connectivity index (χ1) is 8.60. The quantitative estimate of drug-likeness (QED) is 0.913. The second-order valence-electron chi connectivity index (χ2n) is 4.93. The lowest BCUT2D eigenvalue weighted by atomic mass is 10.1. The summed E-state index contributed by atoms with van der Waals surface area (Å²) < 4.78 is 5.19. The van der Waals surface area contributed by atoms with E-state index in [1.165, 1.54) is 6.42 Å². The van der Waals surface area contributed by atoms with Crippen LogP contribution < -0.4 is 10.1 Å². The lowest BCUT2D eigenvalue weighted by Crippen LogP contribution is -2.33. The molecule has 1 aliphatic carbocycles. The van der Waals surface area contributed by atoms with Gasteiger partial charge in [0.05, 0.1) is 12.7 Å². The van der Waals surface area contributed by atoms with Crippen LogP contribution >= 0.6 is 11.6 Å². The Balaban J connectivity index is 2.09. The maximum absolute atomic E-state index is 12.2. The van der Waals surface area contributed by atoms with Crippen molar-refractivity contribution in [2.24, 2.45) is 5.92 Å². The third kappa shape index (κ3) is 2.96. The minimum atomic E-state index is -0.0809. The molecule has 1 fully saturated rings. The van der Waals surface area contributed by atoms with Crippen molar-refractivity contribution < 1.29 is 9.53 Å². The highest BCUT2D eigenvalue weighted by Gasteiger charge is 2.24. The van der Waals surface area contributed by atoms with Gasteiger partial charge in [0.1, 0.15) is 5.75 Å². The molecule has 0 bridgehead atoms. The summed E-state index contributed by atoms with van der Waals surface area (Å²) in [6.45, 7) is 2.22. The third-order valence-corrected chi connectivity index (χ3v) is 3.67. The zero-order chi connectivity index (χ0) is 13.1. The fraction of sp³-hybridized carbons (Fsp3) is 0.500. The molecule has 0 aromatic heterocycles. The molecule has 98 valence electrons. The number of rotatable bonds is 3. The first-order valence-corrected chi connectivity index (χ1v) is 6.62. The number of halogens is 1. The zero-order valence-electron chi connectivity index (χ0n) is 10.7. The van der Waals surface area contributed by atoms with Crippen molar-refractivity contribution in [1.82, 2.24) is 5.32 Å². The first kappa shape index (κ1) is 13.2. The summed E-state index contributed by atoms with van der Waals surface area (Å²) in [7, 11) is 1.54. The monoisotopic (exact) mass is 267 g/mol. The van der Waals surface area contributed by atoms with Gasteiger partial charge >= 0.3 is 0 Å². The summed E-state index contributed by atoms with van der Waals surface area (Å²) in [5.74, 6) is 1.14. The van der Waals surface area contributed by atoms with Crippen LogP contribution in [0.4, 0.5) is 0 Å². The maximum atomic E-state index is 12.2. The predicted molar refractivity (Wildman–Crippen MR) is 72.3 cm³/mol. The van der Waals surface area contributed by atoms with E-state index >= 15 is 0 Å². The highest BCUT2D eigenvalue weighted by molar-refractivity contribution is 6.30. The standard InChI is InChI=1S/C14H18ClNO2/c1-9-3-5-11(7-9)16-14(17)12-6-4-10(15)8-13(12)18-2/h4,6,8-9,11H,3,5,7H2,1-2H3,(H,16,17). The minimum Gasteiger partial charge on any atom is -0.496 e. The fourth-order valence-electron chi connectivity index (χ4n) is 2.45. The SMILES string of the molecule is COc1cc(Cl)ccc1C(=O)NC1CCC(C)C1. The zero-order valence-corrected chi connectivity index (χ0v) is 11.5. The molecular formula is C14H18ClNO2. The second kappa shape index (κ2) is 5.61. The lowest BCUT2D eigenvalue weighted by Gasteiger charge is -2.14. The van der Waals surface area contributed by atoms with E-state index in [0.29, 0.717) is 22.3 Å². The molecule has 1 aliphatic rings. The van der Waals surface area contributed by atoms with Gasteiger partial charge in [-0.05, 0) is 43.4 Å². The Kier molecular flexibility index (Phi) is 4.12. The van der Waals surface area contributed by atoms with E-state index in [0.717, 1.165) is 12.8 Å². The smallest absolute Gasteiger partial charge is 0.255 e. The number of carbonyl (C=O) groups is 1. The van der Waals surface area contributed by atoms with E-state index in [9.17, 15) is 4.79 Å². The summed E-state index contributed by atoms with van der Waals surface area (Å²) in [5, 5.41) is 3.63. The number of amides is 1. The predicted octanol–water partition coefficient (Wildman–Crippen LogP) is 3.27. The number of hydrogen-bond donors (Lipinski definition) is 1. The van der Waals surface area contributed by atoms with Gasteiger partial charge in [0, 0.05) is 11.1 Å². The summed E-state index contributed by atoms with van der Waals surface area (Å²) >= 11 is 5.88. The summed E-state index contributed by atoms with van der Waals surface area (Å²) in [6, 6.07) is 5.35. The van der Waals surface area contributed by atoms with E-state index in [1.807, 2.05) is 0 Å². The molecule has 1 saturated carbocycles. The maximum Gasteiger partial charge on any atom is 0.255 e. The molecule has 2 atom stereocenters. The summed E-state index contributed by atoms with van der Waals surface area (Å²) in [5.41, 5.74) is 0.543. The largest absolute Gasteiger partial charge is 0.496 e. The van der Waals surface area contributed by atoms with Gasteiger partial charge < -0.3 is 10.1 Å². The molecule has 3 nitrogen and oxygen atoms in total. The van der Waals surface area contributed by atoms with Crippen LogP contribution in [-0.2, 0) is 0 Å². The van der Waals surface area contributed by atoms with Crippen LogP contribution in [0, 0.1) is 5.92 Å². The van der Waals surface area contributed by atoms with Crippen molar-refractivity contribution in [3.63, 3.8) is 0 Å². The Morgan fingerprint density at radius 2 is 2.22 bits per heavy atom. The van der Waals surface area contributed by atoms with Gasteiger partial charge in [0.15, 0.2) is 0 Å². The van der Waals surface area contributed by atoms with Crippen LogP contribution in [0.15, 0.2) is 18.2 Å². The van der Waals surface area contributed by atoms with E-state index in [-0.39, 0.29) is 11.9 Å². The highest BCUT2D eigenvalue weighted by atomic mass is 35.5. The van der Waals surface area contributed by atoms with E-state index < -0.39 is 0 Å². The van der Waals surface area contributed by atoms with Gasteiger partial charge in [-0.1, -0.05) is 18.5 Å². The van der Waals surface area contributed by atoms with Gasteiger partial charge in [-0.3, -0.25) is 4.79 Å². The van der Waals surface area contributed by atoms with Crippen LogP contribution in [0.25, 0.3) is 0 Å². The Morgan fingerprint density at radius 3 is 2.83 bits per heavy atom. The number of hydrogen-bond acceptors (Lipinski definition) is 2. The number of benzene rings is 1. The molecule has 2 unspecified atom stereocenters. The molecule has 1 aromatic carbocycles. The molecule has 1 N–H and O–H groups in total. The van der Waals surface area contributed by atoms with E-state index in [4.69, 9.17) is 16.3 Å². The summed E-state index contributed by atoms with van der Waals surface area (Å²) in [6.07, 6.45) is 3.30. The number of carbonyl (C=O) groups excluding carboxylic acids is 1. The van der Waals surface area contributed by atoms with Gasteiger partial charge in [-0.15, -0.1) is 0 Å². The molecule has 1 amide bonds. The Morgan fingerprint density at radius 1 is 1.44 bits per heavy atom. The molecule has 2 rings (SSSR count). The molecule has 0 spiro atoms. The van der Waals surface area contributed by atoms with Gasteiger partial charge in [0.25, 0.3) is 5.91 Å². The van der Waals surface area contributed by atoms with Crippen LogP contribution in [0.5, 0.6) is 5.75 Å². The van der Waals surface area contributed by atoms with Crippen molar-refractivity contribution in [3.8, 4) is 5.75 Å². The van der Waals surface area contributed by atoms with Crippen LogP contribution in [-0.4, -0.2) is 19.1 Å². The van der Waals surface area contributed by atoms with E-state index in [1.54, 1.807) is 25.3 Å². The Hall–Kier alpha value is -1.22. The molecular weight excluding hydrogens is 250 g/mol. The van der Waals surface area contributed by atoms with Gasteiger partial charge in [-0.2, -0.15) is 0 Å². The number of nitrogens with one attached hydrogen (secondary N) is 1. The molecule has 18 heavy (non-hydrogen) atoms. The van der Waals surface area contributed by atoms with Crippen molar-refractivity contribution in [1.29, 1.82) is 0 Å². The van der Waals surface area contributed by atoms with Gasteiger partial charge in [0.2, 0.25) is 0 Å². The molecule has 0 heterocycles. The minimum absolute atomic E-state index is 0.0809. The van der Waals surface area contributed by atoms with Crippen LogP contribution in [0.3, 0.4) is 0 Å². The number of ether oxygens (including phenoxy) is 1. The molecule has 4 heteroatoms. The summed E-state index contributed by atoms with van der Waals surface area (Å²) in [4.78, 5) is 12.2. The van der Waals surface area contributed by atoms with Crippen LogP contribution in [0.2, 0.25) is 5.02 Å². The average Bonchev–Trinajstić information content (AvgIpc) is 2.74. The third-order valence-electron chi connectivity index (χ3n) is 3.44. The normalized spacial score (nSPS) is 22.8. The molecule has 1 aromatic rings. The molecule has 0 radical (unpaired) electrons. The fourth-order valence-corrected chi connectivity index (χ4v) is 2.62. The van der Waals surface area contributed by atoms with Crippen molar-refractivity contribution >= 4 is 17.5 Å². The van der Waals surface area contributed by atoms with Crippen molar-refractivity contribution in [3.05, 3.63) is 28.8 Å². The molecule has 0 saturated heterocycles.